The zero-order valence-corrected chi connectivity index (χ0v) is 16.4. The molecule has 11 heteroatoms. The van der Waals surface area contributed by atoms with Gasteiger partial charge in [0.1, 0.15) is 0 Å². The van der Waals surface area contributed by atoms with Gasteiger partial charge in [0.2, 0.25) is 16.4 Å². The third kappa shape index (κ3) is 4.79. The van der Waals surface area contributed by atoms with Crippen LogP contribution in [-0.2, 0) is 21.0 Å². The molecular weight excluding hydrogens is 423 g/mol. The number of anilines is 1. The molecule has 3 rings (SSSR count). The average molecular weight is 441 g/mol. The van der Waals surface area contributed by atoms with Crippen LogP contribution in [0, 0.1) is 0 Å². The maximum absolute atomic E-state index is 12.7. The monoisotopic (exact) mass is 441 g/mol. The third-order valence-corrected chi connectivity index (χ3v) is 6.56. The molecule has 1 saturated heterocycles. The van der Waals surface area contributed by atoms with Crippen LogP contribution in [0.3, 0.4) is 0 Å². The lowest BCUT2D eigenvalue weighted by Gasteiger charge is -2.31. The summed E-state index contributed by atoms with van der Waals surface area (Å²) in [6, 6.07) is 9.23. The first-order valence-electron chi connectivity index (χ1n) is 8.89. The summed E-state index contributed by atoms with van der Waals surface area (Å²) in [5, 5.41) is 2.47. The van der Waals surface area contributed by atoms with Gasteiger partial charge >= 0.3 is 6.18 Å². The van der Waals surface area contributed by atoms with Crippen LogP contribution in [0.5, 0.6) is 0 Å². The van der Waals surface area contributed by atoms with Crippen LogP contribution in [-0.4, -0.2) is 56.1 Å². The zero-order valence-electron chi connectivity index (χ0n) is 15.6. The Morgan fingerprint density at radius 1 is 0.933 bits per heavy atom. The van der Waals surface area contributed by atoms with Crippen molar-refractivity contribution in [3.63, 3.8) is 0 Å². The number of amides is 2. The average Bonchev–Trinajstić information content (AvgIpc) is 2.73. The first-order valence-corrected chi connectivity index (χ1v) is 10.3. The molecule has 1 N–H and O–H groups in total. The number of hydrogen-bond acceptors (Lipinski definition) is 4. The number of nitrogens with one attached hydrogen (secondary N) is 1. The van der Waals surface area contributed by atoms with Gasteiger partial charge < -0.3 is 10.2 Å². The molecule has 2 aromatic rings. The van der Waals surface area contributed by atoms with Crippen LogP contribution in [0.15, 0.2) is 53.4 Å². The van der Waals surface area contributed by atoms with Crippen molar-refractivity contribution in [3.05, 3.63) is 59.7 Å². The van der Waals surface area contributed by atoms with Gasteiger partial charge in [0.05, 0.1) is 10.5 Å². The number of piperazine rings is 1. The van der Waals surface area contributed by atoms with Gasteiger partial charge in [-0.05, 0) is 48.5 Å². The van der Waals surface area contributed by atoms with Gasteiger partial charge in [-0.3, -0.25) is 9.59 Å². The molecule has 2 amide bonds. The van der Waals surface area contributed by atoms with E-state index in [4.69, 9.17) is 0 Å². The van der Waals surface area contributed by atoms with E-state index < -0.39 is 27.7 Å². The molecule has 2 aromatic carbocycles. The highest BCUT2D eigenvalue weighted by molar-refractivity contribution is 7.89. The van der Waals surface area contributed by atoms with E-state index in [0.29, 0.717) is 19.5 Å². The molecule has 30 heavy (non-hydrogen) atoms. The normalized spacial score (nSPS) is 15.6. The molecule has 1 heterocycles. The summed E-state index contributed by atoms with van der Waals surface area (Å²) in [7, 11) is -3.76. The quantitative estimate of drug-likeness (QED) is 0.722. The van der Waals surface area contributed by atoms with Crippen molar-refractivity contribution in [3.8, 4) is 0 Å². The minimum atomic E-state index is -4.47. The first-order chi connectivity index (χ1) is 14.1. The second-order valence-corrected chi connectivity index (χ2v) is 8.54. The number of sulfonamides is 1. The molecule has 0 radical (unpaired) electrons. The maximum Gasteiger partial charge on any atom is 0.416 e. The number of carbonyl (C=O) groups is 2. The summed E-state index contributed by atoms with van der Waals surface area (Å²) in [5.74, 6) is -0.585. The van der Waals surface area contributed by atoms with Crippen molar-refractivity contribution in [2.75, 3.05) is 31.5 Å². The number of hydrogen-bond donors (Lipinski definition) is 1. The highest BCUT2D eigenvalue weighted by Gasteiger charge is 2.30. The predicted molar refractivity (Wildman–Crippen MR) is 102 cm³/mol. The van der Waals surface area contributed by atoms with Crippen LogP contribution in [0.2, 0.25) is 0 Å². The molecule has 0 saturated carbocycles. The van der Waals surface area contributed by atoms with Crippen molar-refractivity contribution < 1.29 is 31.2 Å². The molecule has 1 aliphatic rings. The van der Waals surface area contributed by atoms with E-state index in [9.17, 15) is 31.2 Å². The summed E-state index contributed by atoms with van der Waals surface area (Å²) in [6.45, 7) is 0.959. The molecule has 0 aromatic heterocycles. The molecule has 0 spiro atoms. The van der Waals surface area contributed by atoms with Crippen LogP contribution < -0.4 is 5.32 Å². The van der Waals surface area contributed by atoms with E-state index >= 15 is 0 Å². The SMILES string of the molecule is O=CN1CCN(S(=O)(=O)c2ccc(C(=O)Nc3ccc(C(F)(F)F)cc3)cc2)CC1. The molecule has 160 valence electrons. The Morgan fingerprint density at radius 2 is 1.50 bits per heavy atom. The fourth-order valence-electron chi connectivity index (χ4n) is 2.92. The zero-order chi connectivity index (χ0) is 21.9. The largest absolute Gasteiger partial charge is 0.416 e. The second kappa shape index (κ2) is 8.44. The van der Waals surface area contributed by atoms with E-state index in [1.54, 1.807) is 0 Å². The lowest BCUT2D eigenvalue weighted by molar-refractivity contribution is -0.137. The van der Waals surface area contributed by atoms with Crippen molar-refractivity contribution in [2.24, 2.45) is 0 Å². The van der Waals surface area contributed by atoms with Gasteiger partial charge in [0.25, 0.3) is 5.91 Å². The van der Waals surface area contributed by atoms with Crippen LogP contribution in [0.25, 0.3) is 0 Å². The molecule has 0 unspecified atom stereocenters. The van der Waals surface area contributed by atoms with Crippen LogP contribution in [0.4, 0.5) is 18.9 Å². The third-order valence-electron chi connectivity index (χ3n) is 4.65. The number of carbonyl (C=O) groups excluding carboxylic acids is 2. The Hall–Kier alpha value is -2.92. The highest BCUT2D eigenvalue weighted by atomic mass is 32.2. The second-order valence-electron chi connectivity index (χ2n) is 6.60. The maximum atomic E-state index is 12.7. The van der Waals surface area contributed by atoms with Gasteiger partial charge in [-0.15, -0.1) is 0 Å². The van der Waals surface area contributed by atoms with Gasteiger partial charge in [0, 0.05) is 37.4 Å². The van der Waals surface area contributed by atoms with Gasteiger partial charge in [-0.2, -0.15) is 17.5 Å². The van der Waals surface area contributed by atoms with Crippen molar-refractivity contribution in [2.45, 2.75) is 11.1 Å². The Morgan fingerprint density at radius 3 is 2.00 bits per heavy atom. The minimum absolute atomic E-state index is 0.00753. The van der Waals surface area contributed by atoms with Gasteiger partial charge in [-0.25, -0.2) is 8.42 Å². The van der Waals surface area contributed by atoms with E-state index in [0.717, 1.165) is 24.3 Å². The number of benzene rings is 2. The predicted octanol–water partition coefficient (Wildman–Crippen LogP) is 2.42. The topological polar surface area (TPSA) is 86.8 Å². The summed E-state index contributed by atoms with van der Waals surface area (Å²) in [5.41, 5.74) is -0.499. The number of alkyl halides is 3. The standard InChI is InChI=1S/C19H18F3N3O4S/c20-19(21,22)15-3-5-16(6-4-15)23-18(27)14-1-7-17(8-2-14)30(28,29)25-11-9-24(13-26)10-12-25/h1-8,13H,9-12H2,(H,23,27). The van der Waals surface area contributed by atoms with Crippen molar-refractivity contribution in [1.29, 1.82) is 0 Å². The lowest BCUT2D eigenvalue weighted by atomic mass is 10.2. The smallest absolute Gasteiger partial charge is 0.343 e. The molecule has 7 nitrogen and oxygen atoms in total. The first kappa shape index (κ1) is 21.8. The number of rotatable bonds is 5. The summed E-state index contributed by atoms with van der Waals surface area (Å²) >= 11 is 0. The number of nitrogens with zero attached hydrogens (tertiary/aromatic N) is 2. The Bertz CT molecular complexity index is 1010. The van der Waals surface area contributed by atoms with Crippen LogP contribution in [0.1, 0.15) is 15.9 Å². The summed E-state index contributed by atoms with van der Waals surface area (Å²) < 4.78 is 64.4. The minimum Gasteiger partial charge on any atom is -0.343 e. The van der Waals surface area contributed by atoms with Crippen LogP contribution >= 0.6 is 0 Å². The molecule has 0 atom stereocenters. The lowest BCUT2D eigenvalue weighted by Crippen LogP contribution is -2.47. The Balaban J connectivity index is 1.67. The molecular formula is C19H18F3N3O4S. The molecule has 0 aliphatic carbocycles. The highest BCUT2D eigenvalue weighted by Crippen LogP contribution is 2.30. The Kier molecular flexibility index (Phi) is 6.13. The van der Waals surface area contributed by atoms with E-state index in [2.05, 4.69) is 5.32 Å². The van der Waals surface area contributed by atoms with E-state index in [-0.39, 0.29) is 29.2 Å². The van der Waals surface area contributed by atoms with E-state index in [1.165, 1.54) is 33.5 Å². The number of halogens is 3. The van der Waals surface area contributed by atoms with Crippen molar-refractivity contribution >= 4 is 28.0 Å². The molecule has 1 fully saturated rings. The molecule has 1 aliphatic heterocycles. The van der Waals surface area contributed by atoms with Crippen molar-refractivity contribution in [1.82, 2.24) is 9.21 Å². The van der Waals surface area contributed by atoms with Gasteiger partial charge in [0.15, 0.2) is 0 Å². The van der Waals surface area contributed by atoms with E-state index in [1.807, 2.05) is 0 Å². The summed E-state index contributed by atoms with van der Waals surface area (Å²) in [4.78, 5) is 24.5. The summed E-state index contributed by atoms with van der Waals surface area (Å²) in [6.07, 6.45) is -3.79. The van der Waals surface area contributed by atoms with Gasteiger partial charge in [-0.1, -0.05) is 0 Å². The molecule has 0 bridgehead atoms. The fourth-order valence-corrected chi connectivity index (χ4v) is 4.34. The Labute approximate surface area is 171 Å². The fraction of sp³-hybridized carbons (Fsp3) is 0.263.